The minimum Gasteiger partial charge on any atom is -0.481 e. The smallest absolute Gasteiger partial charge is 0.303 e. The van der Waals surface area contributed by atoms with Crippen LogP contribution in [0.3, 0.4) is 0 Å². The first-order chi connectivity index (χ1) is 16.0. The molecule has 1 aromatic heterocycles. The predicted octanol–water partition coefficient (Wildman–Crippen LogP) is 5.51. The van der Waals surface area contributed by atoms with Crippen LogP contribution in [0.1, 0.15) is 73.9 Å². The maximum Gasteiger partial charge on any atom is 0.303 e. The van der Waals surface area contributed by atoms with Crippen molar-refractivity contribution in [1.29, 1.82) is 0 Å². The highest BCUT2D eigenvalue weighted by Crippen LogP contribution is 2.42. The molecule has 0 bridgehead atoms. The molecule has 1 amide bonds. The quantitative estimate of drug-likeness (QED) is 0.571. The number of piperidine rings is 1. The second-order valence-corrected chi connectivity index (χ2v) is 9.94. The van der Waals surface area contributed by atoms with Crippen molar-refractivity contribution in [3.63, 3.8) is 0 Å². The number of carboxylic acid groups (broad SMARTS) is 1. The number of benzene rings is 1. The maximum atomic E-state index is 13.3. The topological polar surface area (TPSA) is 74.0 Å². The van der Waals surface area contributed by atoms with Gasteiger partial charge in [0.2, 0.25) is 0 Å². The fourth-order valence-corrected chi connectivity index (χ4v) is 5.65. The van der Waals surface area contributed by atoms with Gasteiger partial charge in [0.15, 0.2) is 5.76 Å². The summed E-state index contributed by atoms with van der Waals surface area (Å²) >= 11 is 0. The predicted molar refractivity (Wildman–Crippen MR) is 129 cm³/mol. The lowest BCUT2D eigenvalue weighted by Crippen LogP contribution is -2.48. The largest absolute Gasteiger partial charge is 0.481 e. The van der Waals surface area contributed by atoms with E-state index in [1.807, 2.05) is 36.1 Å². The number of hydrogen-bond acceptors (Lipinski definition) is 4. The Morgan fingerprint density at radius 2 is 1.79 bits per heavy atom. The lowest BCUT2D eigenvalue weighted by Gasteiger charge is -2.41. The van der Waals surface area contributed by atoms with Gasteiger partial charge in [0.25, 0.3) is 5.91 Å². The van der Waals surface area contributed by atoms with Crippen LogP contribution in [0.2, 0.25) is 0 Å². The molecule has 2 heterocycles. The SMILES string of the molecule is Cc1ccc(N(C(=O)c2ccco2)C2CCN(CCC3(CC(=O)O)CCCCC3)CC2)cc1. The summed E-state index contributed by atoms with van der Waals surface area (Å²) in [6, 6.07) is 11.7. The van der Waals surface area contributed by atoms with Crippen molar-refractivity contribution in [2.45, 2.75) is 70.8 Å². The average molecular weight is 453 g/mol. The standard InChI is InChI=1S/C27H36N2O4/c1-21-7-9-22(10-8-21)29(26(32)24-6-5-19-33-24)23-11-16-28(17-12-23)18-15-27(20-25(30)31)13-3-2-4-14-27/h5-10,19,23H,2-4,11-18,20H2,1H3,(H,30,31). The monoisotopic (exact) mass is 452 g/mol. The Hall–Kier alpha value is -2.60. The second kappa shape index (κ2) is 10.6. The summed E-state index contributed by atoms with van der Waals surface area (Å²) in [6.07, 6.45) is 10.2. The van der Waals surface area contributed by atoms with Gasteiger partial charge in [0.1, 0.15) is 0 Å². The number of nitrogens with zero attached hydrogens (tertiary/aromatic N) is 2. The van der Waals surface area contributed by atoms with Crippen LogP contribution in [0, 0.1) is 12.3 Å². The lowest BCUT2D eigenvalue weighted by molar-refractivity contribution is -0.140. The van der Waals surface area contributed by atoms with E-state index in [4.69, 9.17) is 4.42 Å². The molecule has 0 atom stereocenters. The summed E-state index contributed by atoms with van der Waals surface area (Å²) in [6.45, 7) is 4.82. The molecule has 33 heavy (non-hydrogen) atoms. The molecule has 0 spiro atoms. The zero-order chi connectivity index (χ0) is 23.3. The number of carboxylic acids is 1. The third-order valence-electron chi connectivity index (χ3n) is 7.58. The van der Waals surface area contributed by atoms with Crippen LogP contribution in [-0.4, -0.2) is 47.6 Å². The molecule has 1 saturated carbocycles. The molecule has 1 aliphatic heterocycles. The molecule has 2 aromatic rings. The molecule has 1 N–H and O–H groups in total. The molecule has 6 nitrogen and oxygen atoms in total. The molecule has 0 unspecified atom stereocenters. The second-order valence-electron chi connectivity index (χ2n) is 9.94. The number of rotatable bonds is 8. The van der Waals surface area contributed by atoms with Gasteiger partial charge >= 0.3 is 5.97 Å². The molecule has 1 aliphatic carbocycles. The Labute approximate surface area is 196 Å². The fraction of sp³-hybridized carbons (Fsp3) is 0.556. The van der Waals surface area contributed by atoms with Crippen molar-refractivity contribution in [1.82, 2.24) is 4.90 Å². The van der Waals surface area contributed by atoms with Crippen molar-refractivity contribution in [2.24, 2.45) is 5.41 Å². The number of hydrogen-bond donors (Lipinski definition) is 1. The summed E-state index contributed by atoms with van der Waals surface area (Å²) in [5, 5.41) is 9.46. The van der Waals surface area contributed by atoms with Crippen molar-refractivity contribution >= 4 is 17.6 Å². The van der Waals surface area contributed by atoms with Crippen LogP contribution < -0.4 is 4.90 Å². The van der Waals surface area contributed by atoms with Gasteiger partial charge in [0.05, 0.1) is 12.7 Å². The van der Waals surface area contributed by atoms with E-state index < -0.39 is 5.97 Å². The molecule has 1 aromatic carbocycles. The van der Waals surface area contributed by atoms with Gasteiger partial charge in [-0.1, -0.05) is 37.0 Å². The van der Waals surface area contributed by atoms with Gasteiger partial charge in [-0.3, -0.25) is 9.59 Å². The van der Waals surface area contributed by atoms with Crippen LogP contribution in [0.4, 0.5) is 5.69 Å². The Balaban J connectivity index is 1.40. The normalized spacial score (nSPS) is 19.3. The van der Waals surface area contributed by atoms with E-state index in [0.29, 0.717) is 12.2 Å². The van der Waals surface area contributed by atoms with Crippen LogP contribution in [0.15, 0.2) is 47.1 Å². The lowest BCUT2D eigenvalue weighted by atomic mass is 9.69. The summed E-state index contributed by atoms with van der Waals surface area (Å²) in [5.41, 5.74) is 2.03. The number of furan rings is 1. The van der Waals surface area contributed by atoms with Crippen molar-refractivity contribution in [3.05, 3.63) is 54.0 Å². The fourth-order valence-electron chi connectivity index (χ4n) is 5.65. The third kappa shape index (κ3) is 5.85. The van der Waals surface area contributed by atoms with Crippen molar-refractivity contribution in [2.75, 3.05) is 24.5 Å². The van der Waals surface area contributed by atoms with Gasteiger partial charge in [0, 0.05) is 24.8 Å². The highest BCUT2D eigenvalue weighted by Gasteiger charge is 2.36. The number of carbonyl (C=O) groups excluding carboxylic acids is 1. The molecule has 2 fully saturated rings. The Bertz CT molecular complexity index is 908. The molecule has 1 saturated heterocycles. The average Bonchev–Trinajstić information content (AvgIpc) is 3.35. The Morgan fingerprint density at radius 3 is 2.39 bits per heavy atom. The van der Waals surface area contributed by atoms with Gasteiger partial charge in [-0.25, -0.2) is 0 Å². The number of aryl methyl sites for hydroxylation is 1. The first-order valence-corrected chi connectivity index (χ1v) is 12.3. The first-order valence-electron chi connectivity index (χ1n) is 12.3. The van der Waals surface area contributed by atoms with Gasteiger partial charge in [-0.15, -0.1) is 0 Å². The van der Waals surface area contributed by atoms with E-state index in [-0.39, 0.29) is 17.4 Å². The third-order valence-corrected chi connectivity index (χ3v) is 7.58. The van der Waals surface area contributed by atoms with E-state index in [1.54, 1.807) is 18.4 Å². The minimum absolute atomic E-state index is 0.0376. The summed E-state index contributed by atoms with van der Waals surface area (Å²) in [5.74, 6) is -0.392. The number of aliphatic carboxylic acids is 1. The summed E-state index contributed by atoms with van der Waals surface area (Å²) in [4.78, 5) is 29.2. The van der Waals surface area contributed by atoms with E-state index >= 15 is 0 Å². The number of likely N-dealkylation sites (tertiary alicyclic amines) is 1. The van der Waals surface area contributed by atoms with Crippen LogP contribution in [-0.2, 0) is 4.79 Å². The van der Waals surface area contributed by atoms with Crippen LogP contribution in [0.25, 0.3) is 0 Å². The Kier molecular flexibility index (Phi) is 7.53. The molecule has 0 radical (unpaired) electrons. The van der Waals surface area contributed by atoms with Gasteiger partial charge < -0.3 is 19.3 Å². The van der Waals surface area contributed by atoms with Crippen LogP contribution >= 0.6 is 0 Å². The highest BCUT2D eigenvalue weighted by atomic mass is 16.4. The minimum atomic E-state index is -0.666. The van der Waals surface area contributed by atoms with Crippen molar-refractivity contribution in [3.8, 4) is 0 Å². The molecular formula is C27H36N2O4. The molecule has 2 aliphatic rings. The zero-order valence-corrected chi connectivity index (χ0v) is 19.7. The van der Waals surface area contributed by atoms with Gasteiger partial charge in [-0.05, 0) is 75.3 Å². The molecule has 178 valence electrons. The Morgan fingerprint density at radius 1 is 1.09 bits per heavy atom. The number of anilines is 1. The number of amides is 1. The molecule has 4 rings (SSSR count). The van der Waals surface area contributed by atoms with Crippen molar-refractivity contribution < 1.29 is 19.1 Å². The zero-order valence-electron chi connectivity index (χ0n) is 19.7. The maximum absolute atomic E-state index is 13.3. The van der Waals surface area contributed by atoms with E-state index in [1.165, 1.54) is 6.42 Å². The molecule has 6 heteroatoms. The number of carbonyl (C=O) groups is 2. The van der Waals surface area contributed by atoms with Gasteiger partial charge in [-0.2, -0.15) is 0 Å². The summed E-state index contributed by atoms with van der Waals surface area (Å²) in [7, 11) is 0. The van der Waals surface area contributed by atoms with Crippen LogP contribution in [0.5, 0.6) is 0 Å². The van der Waals surface area contributed by atoms with E-state index in [2.05, 4.69) is 4.90 Å². The highest BCUT2D eigenvalue weighted by molar-refractivity contribution is 6.04. The van der Waals surface area contributed by atoms with E-state index in [9.17, 15) is 14.7 Å². The first kappa shape index (κ1) is 23.6. The molecular weight excluding hydrogens is 416 g/mol. The summed E-state index contributed by atoms with van der Waals surface area (Å²) < 4.78 is 5.43. The van der Waals surface area contributed by atoms with E-state index in [0.717, 1.165) is 75.8 Å².